The second-order valence-electron chi connectivity index (χ2n) is 8.81. The molecule has 0 fully saturated rings. The molecule has 2 aromatic carbocycles. The van der Waals surface area contributed by atoms with Crippen molar-refractivity contribution in [2.45, 2.75) is 19.8 Å². The fourth-order valence-corrected chi connectivity index (χ4v) is 4.72. The monoisotopic (exact) mass is 527 g/mol. The number of H-pyrrole nitrogens is 1. The molecule has 0 aliphatic carbocycles. The molecule has 0 saturated carbocycles. The van der Waals surface area contributed by atoms with Crippen LogP contribution in [0.25, 0.3) is 17.4 Å². The Hall–Kier alpha value is -5.12. The fourth-order valence-electron chi connectivity index (χ4n) is 4.72. The van der Waals surface area contributed by atoms with E-state index in [-0.39, 0.29) is 18.0 Å². The van der Waals surface area contributed by atoms with Crippen molar-refractivity contribution < 1.29 is 28.7 Å². The summed E-state index contributed by atoms with van der Waals surface area (Å²) in [7, 11) is 1.57. The molecule has 198 valence electrons. The molecule has 0 radical (unpaired) electrons. The lowest BCUT2D eigenvalue weighted by atomic mass is 9.83. The molecular formula is C29H25N3O7. The quantitative estimate of drug-likeness (QED) is 0.207. The number of nitro benzene ring substituents is 1. The number of ether oxygens (including phenoxy) is 2. The number of nitrogens with zero attached hydrogens (tertiary/aromatic N) is 2. The zero-order valence-electron chi connectivity index (χ0n) is 21.4. The number of hydrogen-bond donors (Lipinski definition) is 2. The average molecular weight is 528 g/mol. The van der Waals surface area contributed by atoms with Crippen molar-refractivity contribution >= 4 is 17.7 Å². The van der Waals surface area contributed by atoms with Gasteiger partial charge < -0.3 is 24.0 Å². The second kappa shape index (κ2) is 10.3. The Balaban J connectivity index is 1.62. The van der Waals surface area contributed by atoms with Crippen molar-refractivity contribution in [3.63, 3.8) is 0 Å². The third kappa shape index (κ3) is 4.68. The van der Waals surface area contributed by atoms with Crippen LogP contribution in [0.5, 0.6) is 11.5 Å². The van der Waals surface area contributed by atoms with Crippen LogP contribution < -0.4 is 15.6 Å². The molecule has 3 heterocycles. The summed E-state index contributed by atoms with van der Waals surface area (Å²) in [5.41, 5.74) is 2.61. The number of para-hydroxylation sites is 1. The maximum absolute atomic E-state index is 13.0. The summed E-state index contributed by atoms with van der Waals surface area (Å²) in [6, 6.07) is 16.8. The predicted molar refractivity (Wildman–Crippen MR) is 142 cm³/mol. The van der Waals surface area contributed by atoms with Gasteiger partial charge in [-0.05, 0) is 49.7 Å². The van der Waals surface area contributed by atoms with Gasteiger partial charge >= 0.3 is 5.97 Å². The van der Waals surface area contributed by atoms with Crippen LogP contribution in [0.2, 0.25) is 0 Å². The highest BCUT2D eigenvalue weighted by Crippen LogP contribution is 2.39. The van der Waals surface area contributed by atoms with Crippen LogP contribution in [0.4, 0.5) is 5.69 Å². The Labute approximate surface area is 222 Å². The van der Waals surface area contributed by atoms with E-state index in [0.29, 0.717) is 50.5 Å². The molecule has 4 aromatic rings. The van der Waals surface area contributed by atoms with Crippen LogP contribution in [-0.4, -0.2) is 34.7 Å². The first-order valence-corrected chi connectivity index (χ1v) is 12.2. The van der Waals surface area contributed by atoms with Gasteiger partial charge in [0.15, 0.2) is 0 Å². The zero-order valence-corrected chi connectivity index (χ0v) is 21.4. The Morgan fingerprint density at radius 1 is 1.18 bits per heavy atom. The molecule has 10 nitrogen and oxygen atoms in total. The van der Waals surface area contributed by atoms with E-state index in [1.165, 1.54) is 6.07 Å². The van der Waals surface area contributed by atoms with Gasteiger partial charge in [-0.3, -0.25) is 10.1 Å². The number of benzene rings is 2. The topological polar surface area (TPSA) is 140 Å². The van der Waals surface area contributed by atoms with E-state index in [1.807, 2.05) is 12.1 Å². The molecule has 0 spiro atoms. The lowest BCUT2D eigenvalue weighted by molar-refractivity contribution is -0.384. The number of nitrogens with one attached hydrogen (secondary N) is 1. The molecular weight excluding hydrogens is 502 g/mol. The van der Waals surface area contributed by atoms with E-state index in [4.69, 9.17) is 13.9 Å². The SMILES string of the molecule is CCOC(=O)C1=C(C)N=c2[nH]c(=Cc3ccc(-c4ccccc4[N+](=O)[O-])o3)c(O)c2C1c1ccc(OC)cc1. The first-order valence-electron chi connectivity index (χ1n) is 12.2. The van der Waals surface area contributed by atoms with Gasteiger partial charge in [-0.25, -0.2) is 9.79 Å². The highest BCUT2D eigenvalue weighted by molar-refractivity contribution is 5.92. The number of nitro groups is 1. The van der Waals surface area contributed by atoms with Crippen molar-refractivity contribution in [1.29, 1.82) is 0 Å². The number of aromatic hydroxyl groups is 1. The van der Waals surface area contributed by atoms with Crippen molar-refractivity contribution in [3.8, 4) is 22.8 Å². The lowest BCUT2D eigenvalue weighted by Crippen LogP contribution is -2.26. The van der Waals surface area contributed by atoms with E-state index in [9.17, 15) is 20.0 Å². The molecule has 0 saturated heterocycles. The normalized spacial score (nSPS) is 15.1. The summed E-state index contributed by atoms with van der Waals surface area (Å²) >= 11 is 0. The molecule has 0 amide bonds. The molecule has 2 N–H and O–H groups in total. The summed E-state index contributed by atoms with van der Waals surface area (Å²) in [5, 5.41) is 23.1. The number of carbonyl (C=O) groups is 1. The van der Waals surface area contributed by atoms with E-state index in [2.05, 4.69) is 9.98 Å². The van der Waals surface area contributed by atoms with Crippen LogP contribution >= 0.6 is 0 Å². The van der Waals surface area contributed by atoms with Gasteiger partial charge in [-0.2, -0.15) is 0 Å². The molecule has 1 atom stereocenters. The average Bonchev–Trinajstić information content (AvgIpc) is 3.52. The minimum absolute atomic E-state index is 0.0780. The maximum Gasteiger partial charge on any atom is 0.336 e. The van der Waals surface area contributed by atoms with Gasteiger partial charge in [-0.15, -0.1) is 0 Å². The van der Waals surface area contributed by atoms with Crippen molar-refractivity contribution in [3.05, 3.63) is 110 Å². The molecule has 2 aromatic heterocycles. The summed E-state index contributed by atoms with van der Waals surface area (Å²) < 4.78 is 16.5. The van der Waals surface area contributed by atoms with Crippen LogP contribution in [0.1, 0.15) is 36.7 Å². The minimum Gasteiger partial charge on any atom is -0.505 e. The molecule has 1 unspecified atom stereocenters. The second-order valence-corrected chi connectivity index (χ2v) is 8.81. The van der Waals surface area contributed by atoms with Crippen molar-refractivity contribution in [1.82, 2.24) is 4.98 Å². The highest BCUT2D eigenvalue weighted by Gasteiger charge is 2.35. The predicted octanol–water partition coefficient (Wildman–Crippen LogP) is 4.33. The van der Waals surface area contributed by atoms with Crippen LogP contribution in [0, 0.1) is 10.1 Å². The van der Waals surface area contributed by atoms with Gasteiger partial charge in [0.1, 0.15) is 28.5 Å². The number of methoxy groups -OCH3 is 1. The number of hydrogen-bond acceptors (Lipinski definition) is 8. The fraction of sp³-hybridized carbons (Fsp3) is 0.172. The molecule has 0 bridgehead atoms. The first kappa shape index (κ1) is 25.5. The summed E-state index contributed by atoms with van der Waals surface area (Å²) in [6.07, 6.45) is 1.58. The van der Waals surface area contributed by atoms with Crippen LogP contribution in [-0.2, 0) is 9.53 Å². The molecule has 39 heavy (non-hydrogen) atoms. The molecule has 1 aliphatic rings. The van der Waals surface area contributed by atoms with E-state index >= 15 is 0 Å². The number of allylic oxidation sites excluding steroid dienone is 1. The summed E-state index contributed by atoms with van der Waals surface area (Å²) in [4.78, 5) is 31.7. The number of aromatic amines is 1. The van der Waals surface area contributed by atoms with Crippen LogP contribution in [0.3, 0.4) is 0 Å². The summed E-state index contributed by atoms with van der Waals surface area (Å²) in [6.45, 7) is 3.64. The standard InChI is InChI=1S/C29H25N3O7/c1-4-38-29(34)24-16(2)30-28-26(25(24)17-9-11-18(37-3)12-10-17)27(33)21(31-28)15-19-13-14-23(39-19)20-7-5-6-8-22(20)32(35)36/h5-15,25,33H,4H2,1-3H3,(H,30,31). The lowest BCUT2D eigenvalue weighted by Gasteiger charge is -2.23. The number of furan rings is 1. The molecule has 10 heteroatoms. The van der Waals surface area contributed by atoms with E-state index in [1.54, 1.807) is 69.5 Å². The Kier molecular flexibility index (Phi) is 6.76. The van der Waals surface area contributed by atoms with Gasteiger partial charge in [-0.1, -0.05) is 24.3 Å². The molecule has 5 rings (SSSR count). The number of fused-ring (bicyclic) bond motifs is 1. The van der Waals surface area contributed by atoms with E-state index < -0.39 is 16.8 Å². The Morgan fingerprint density at radius 2 is 1.92 bits per heavy atom. The number of rotatable bonds is 7. The van der Waals surface area contributed by atoms with E-state index in [0.717, 1.165) is 5.56 Å². The van der Waals surface area contributed by atoms with Gasteiger partial charge in [0.25, 0.3) is 5.69 Å². The van der Waals surface area contributed by atoms with Gasteiger partial charge in [0.05, 0.1) is 52.3 Å². The molecule has 1 aliphatic heterocycles. The van der Waals surface area contributed by atoms with Crippen molar-refractivity contribution in [2.75, 3.05) is 13.7 Å². The minimum atomic E-state index is -0.653. The number of carbonyl (C=O) groups excluding carboxylic acids is 1. The smallest absolute Gasteiger partial charge is 0.336 e. The van der Waals surface area contributed by atoms with Gasteiger partial charge in [0, 0.05) is 12.1 Å². The number of aromatic nitrogens is 1. The third-order valence-corrected chi connectivity index (χ3v) is 6.49. The Bertz CT molecular complexity index is 1730. The summed E-state index contributed by atoms with van der Waals surface area (Å²) in [5.74, 6) is 0.0435. The zero-order chi connectivity index (χ0) is 27.7. The van der Waals surface area contributed by atoms with Crippen LogP contribution in [0.15, 0.2) is 81.3 Å². The maximum atomic E-state index is 13.0. The highest BCUT2D eigenvalue weighted by atomic mass is 16.6. The Morgan fingerprint density at radius 3 is 2.62 bits per heavy atom. The number of esters is 1. The third-order valence-electron chi connectivity index (χ3n) is 6.49. The van der Waals surface area contributed by atoms with Crippen molar-refractivity contribution in [2.24, 2.45) is 4.99 Å². The largest absolute Gasteiger partial charge is 0.505 e. The van der Waals surface area contributed by atoms with Gasteiger partial charge in [0.2, 0.25) is 0 Å². The first-order chi connectivity index (χ1) is 18.8.